The zero-order valence-corrected chi connectivity index (χ0v) is 13.3. The Bertz CT molecular complexity index is 816. The largest absolute Gasteiger partial charge is 0.295 e. The van der Waals surface area contributed by atoms with E-state index in [1.807, 2.05) is 27.2 Å². The molecule has 0 spiro atoms. The molecule has 0 saturated carbocycles. The highest BCUT2D eigenvalue weighted by atomic mass is 32.1. The van der Waals surface area contributed by atoms with Gasteiger partial charge in [0.25, 0.3) is 5.91 Å². The maximum absolute atomic E-state index is 12.2. The molecule has 3 rings (SSSR count). The fraction of sp³-hybridized carbons (Fsp3) is 0.308. The van der Waals surface area contributed by atoms with E-state index in [1.165, 1.54) is 0 Å². The molecular weight excluding hydrogens is 302 g/mol. The molecule has 0 aromatic carbocycles. The van der Waals surface area contributed by atoms with E-state index in [-0.39, 0.29) is 5.91 Å². The lowest BCUT2D eigenvalue weighted by molar-refractivity contribution is 0.102. The van der Waals surface area contributed by atoms with Crippen LogP contribution in [0.2, 0.25) is 0 Å². The number of nitrogens with one attached hydrogen (secondary N) is 1. The van der Waals surface area contributed by atoms with Crippen molar-refractivity contribution in [1.82, 2.24) is 28.9 Å². The summed E-state index contributed by atoms with van der Waals surface area (Å²) in [4.78, 5) is 16.5. The van der Waals surface area contributed by atoms with E-state index in [0.29, 0.717) is 16.6 Å². The molecule has 114 valence electrons. The predicted molar refractivity (Wildman–Crippen MR) is 82.7 cm³/mol. The van der Waals surface area contributed by atoms with Crippen molar-refractivity contribution in [3.05, 3.63) is 29.8 Å². The molecule has 0 saturated heterocycles. The number of carbonyl (C=O) groups excluding carboxylic acids is 1. The second-order valence-corrected chi connectivity index (χ2v) is 5.53. The molecule has 9 heteroatoms. The number of hydrogen-bond acceptors (Lipinski definition) is 6. The Labute approximate surface area is 131 Å². The van der Waals surface area contributed by atoms with Crippen LogP contribution in [0, 0.1) is 0 Å². The van der Waals surface area contributed by atoms with Crippen LogP contribution in [-0.4, -0.2) is 34.8 Å². The van der Waals surface area contributed by atoms with Crippen LogP contribution >= 0.6 is 11.5 Å². The highest BCUT2D eigenvalue weighted by Gasteiger charge is 2.15. The number of aromatic nitrogens is 6. The third-order valence-electron chi connectivity index (χ3n) is 3.18. The standard InChI is InChI=1S/C13H15N7OS/c1-4-9-5-10(17-20(9)3)12(21)16-13-15-11(18-22-13)8-6-14-19(2)7-8/h5-7H,4H2,1-3H3,(H,15,16,18,21). The maximum Gasteiger partial charge on any atom is 0.277 e. The molecule has 3 heterocycles. The Morgan fingerprint density at radius 1 is 1.41 bits per heavy atom. The number of nitrogens with zero attached hydrogens (tertiary/aromatic N) is 6. The van der Waals surface area contributed by atoms with Gasteiger partial charge in [-0.1, -0.05) is 6.92 Å². The minimum absolute atomic E-state index is 0.288. The van der Waals surface area contributed by atoms with Gasteiger partial charge in [0.2, 0.25) is 5.13 Å². The minimum atomic E-state index is -0.288. The zero-order valence-electron chi connectivity index (χ0n) is 12.4. The molecule has 3 aromatic rings. The van der Waals surface area contributed by atoms with Crippen LogP contribution in [0.5, 0.6) is 0 Å². The first-order chi connectivity index (χ1) is 10.6. The maximum atomic E-state index is 12.2. The van der Waals surface area contributed by atoms with E-state index in [0.717, 1.165) is 29.2 Å². The Balaban J connectivity index is 1.75. The quantitative estimate of drug-likeness (QED) is 0.787. The van der Waals surface area contributed by atoms with Crippen LogP contribution in [0.4, 0.5) is 5.13 Å². The summed E-state index contributed by atoms with van der Waals surface area (Å²) in [6, 6.07) is 1.78. The number of aryl methyl sites for hydroxylation is 3. The van der Waals surface area contributed by atoms with Crippen molar-refractivity contribution < 1.29 is 4.79 Å². The van der Waals surface area contributed by atoms with Gasteiger partial charge in [-0.05, 0) is 12.5 Å². The van der Waals surface area contributed by atoms with Gasteiger partial charge in [0, 0.05) is 37.5 Å². The van der Waals surface area contributed by atoms with Gasteiger partial charge in [0.15, 0.2) is 11.5 Å². The molecule has 0 radical (unpaired) electrons. The van der Waals surface area contributed by atoms with Crippen molar-refractivity contribution in [3.63, 3.8) is 0 Å². The molecule has 0 aliphatic rings. The topological polar surface area (TPSA) is 90.5 Å². The van der Waals surface area contributed by atoms with E-state index < -0.39 is 0 Å². The van der Waals surface area contributed by atoms with Crippen LogP contribution in [0.25, 0.3) is 11.4 Å². The summed E-state index contributed by atoms with van der Waals surface area (Å²) in [5, 5.41) is 11.4. The summed E-state index contributed by atoms with van der Waals surface area (Å²) in [6.07, 6.45) is 4.32. The lowest BCUT2D eigenvalue weighted by atomic mass is 10.3. The molecule has 0 fully saturated rings. The van der Waals surface area contributed by atoms with Gasteiger partial charge < -0.3 is 0 Å². The van der Waals surface area contributed by atoms with Gasteiger partial charge in [0.05, 0.1) is 11.8 Å². The normalized spacial score (nSPS) is 10.9. The van der Waals surface area contributed by atoms with Crippen LogP contribution in [0.3, 0.4) is 0 Å². The van der Waals surface area contributed by atoms with Crippen molar-refractivity contribution >= 4 is 22.6 Å². The highest BCUT2D eigenvalue weighted by molar-refractivity contribution is 7.10. The molecule has 0 atom stereocenters. The number of carbonyl (C=O) groups is 1. The molecule has 1 amide bonds. The summed E-state index contributed by atoms with van der Waals surface area (Å²) in [6.45, 7) is 2.02. The monoisotopic (exact) mass is 317 g/mol. The molecular formula is C13H15N7OS. The number of hydrogen-bond donors (Lipinski definition) is 1. The second-order valence-electron chi connectivity index (χ2n) is 4.78. The molecule has 3 aromatic heterocycles. The fourth-order valence-corrected chi connectivity index (χ4v) is 2.62. The zero-order chi connectivity index (χ0) is 15.7. The lowest BCUT2D eigenvalue weighted by Gasteiger charge is -1.96. The number of amides is 1. The van der Waals surface area contributed by atoms with Gasteiger partial charge >= 0.3 is 0 Å². The number of anilines is 1. The first kappa shape index (κ1) is 14.4. The predicted octanol–water partition coefficient (Wildman–Crippen LogP) is 1.49. The molecule has 0 aliphatic heterocycles. The van der Waals surface area contributed by atoms with Gasteiger partial charge in [-0.25, -0.2) is 0 Å². The molecule has 0 bridgehead atoms. The van der Waals surface area contributed by atoms with Gasteiger partial charge in [0.1, 0.15) is 0 Å². The summed E-state index contributed by atoms with van der Waals surface area (Å²) in [5.41, 5.74) is 2.18. The highest BCUT2D eigenvalue weighted by Crippen LogP contribution is 2.20. The average molecular weight is 317 g/mol. The number of rotatable bonds is 4. The Morgan fingerprint density at radius 2 is 2.23 bits per heavy atom. The van der Waals surface area contributed by atoms with Crippen LogP contribution in [0.15, 0.2) is 18.5 Å². The summed E-state index contributed by atoms with van der Waals surface area (Å²) < 4.78 is 7.60. The van der Waals surface area contributed by atoms with Crippen molar-refractivity contribution in [2.75, 3.05) is 5.32 Å². The van der Waals surface area contributed by atoms with Crippen LogP contribution in [-0.2, 0) is 20.5 Å². The van der Waals surface area contributed by atoms with E-state index in [4.69, 9.17) is 0 Å². The average Bonchev–Trinajstić information content (AvgIpc) is 3.18. The third kappa shape index (κ3) is 2.75. The van der Waals surface area contributed by atoms with Crippen molar-refractivity contribution in [3.8, 4) is 11.4 Å². The second kappa shape index (κ2) is 5.68. The Morgan fingerprint density at radius 3 is 2.86 bits per heavy atom. The molecule has 22 heavy (non-hydrogen) atoms. The van der Waals surface area contributed by atoms with Crippen LogP contribution in [0.1, 0.15) is 23.1 Å². The Hall–Kier alpha value is -2.55. The first-order valence-corrected chi connectivity index (χ1v) is 7.51. The SMILES string of the molecule is CCc1cc(C(=O)Nc2nc(-c3cnn(C)c3)ns2)nn1C. The lowest BCUT2D eigenvalue weighted by Crippen LogP contribution is -2.12. The van der Waals surface area contributed by atoms with Crippen LogP contribution < -0.4 is 5.32 Å². The van der Waals surface area contributed by atoms with E-state index >= 15 is 0 Å². The molecule has 0 unspecified atom stereocenters. The summed E-state index contributed by atoms with van der Waals surface area (Å²) in [5.74, 6) is 0.257. The fourth-order valence-electron chi connectivity index (χ4n) is 2.04. The Kier molecular flexibility index (Phi) is 3.72. The summed E-state index contributed by atoms with van der Waals surface area (Å²) >= 11 is 1.13. The molecule has 1 N–H and O–H groups in total. The van der Waals surface area contributed by atoms with Crippen molar-refractivity contribution in [1.29, 1.82) is 0 Å². The first-order valence-electron chi connectivity index (χ1n) is 6.74. The van der Waals surface area contributed by atoms with Gasteiger partial charge in [-0.3, -0.25) is 19.5 Å². The smallest absolute Gasteiger partial charge is 0.277 e. The van der Waals surface area contributed by atoms with E-state index in [9.17, 15) is 4.79 Å². The van der Waals surface area contributed by atoms with E-state index in [1.54, 1.807) is 21.6 Å². The van der Waals surface area contributed by atoms with Gasteiger partial charge in [-0.2, -0.15) is 19.6 Å². The molecule has 8 nitrogen and oxygen atoms in total. The van der Waals surface area contributed by atoms with Gasteiger partial charge in [-0.15, -0.1) is 0 Å². The third-order valence-corrected chi connectivity index (χ3v) is 3.81. The van der Waals surface area contributed by atoms with E-state index in [2.05, 4.69) is 24.9 Å². The van der Waals surface area contributed by atoms with Crippen molar-refractivity contribution in [2.24, 2.45) is 14.1 Å². The summed E-state index contributed by atoms with van der Waals surface area (Å²) in [7, 11) is 3.64. The van der Waals surface area contributed by atoms with Crippen molar-refractivity contribution in [2.45, 2.75) is 13.3 Å². The minimum Gasteiger partial charge on any atom is -0.295 e. The molecule has 0 aliphatic carbocycles.